The van der Waals surface area contributed by atoms with Crippen molar-refractivity contribution in [3.05, 3.63) is 28.3 Å². The van der Waals surface area contributed by atoms with Crippen LogP contribution in [0, 0.1) is 6.92 Å². The summed E-state index contributed by atoms with van der Waals surface area (Å²) in [7, 11) is 1.61. The summed E-state index contributed by atoms with van der Waals surface area (Å²) in [6, 6.07) is 3.86. The molecule has 2 N–H and O–H groups in total. The van der Waals surface area contributed by atoms with Crippen molar-refractivity contribution in [2.24, 2.45) is 5.73 Å². The van der Waals surface area contributed by atoms with Gasteiger partial charge in [-0.05, 0) is 43.1 Å². The number of aryl methyl sites for hydroxylation is 1. The smallest absolute Gasteiger partial charge is 0.137 e. The second-order valence-electron chi connectivity index (χ2n) is 2.95. The first kappa shape index (κ1) is 14.3. The lowest BCUT2D eigenvalue weighted by molar-refractivity contribution is 0.414. The molecule has 0 unspecified atom stereocenters. The zero-order valence-electron chi connectivity index (χ0n) is 9.93. The Labute approximate surface area is 97.4 Å². The fourth-order valence-electron chi connectivity index (χ4n) is 1.28. The number of halogens is 1. The van der Waals surface area contributed by atoms with Crippen molar-refractivity contribution in [3.8, 4) is 5.75 Å². The summed E-state index contributed by atoms with van der Waals surface area (Å²) >= 11 is 5.95. The van der Waals surface area contributed by atoms with Gasteiger partial charge in [-0.1, -0.05) is 25.4 Å². The first-order valence-electron chi connectivity index (χ1n) is 5.22. The van der Waals surface area contributed by atoms with E-state index >= 15 is 0 Å². The van der Waals surface area contributed by atoms with Crippen LogP contribution in [0.3, 0.4) is 0 Å². The predicted molar refractivity (Wildman–Crippen MR) is 66.8 cm³/mol. The molecule has 0 amide bonds. The van der Waals surface area contributed by atoms with Crippen LogP contribution in [-0.2, 0) is 6.42 Å². The van der Waals surface area contributed by atoms with E-state index in [0.29, 0.717) is 11.6 Å². The van der Waals surface area contributed by atoms with E-state index < -0.39 is 0 Å². The molecule has 86 valence electrons. The van der Waals surface area contributed by atoms with Crippen molar-refractivity contribution in [3.63, 3.8) is 0 Å². The van der Waals surface area contributed by atoms with Crippen LogP contribution in [0.25, 0.3) is 0 Å². The van der Waals surface area contributed by atoms with Crippen LogP contribution in [0.2, 0.25) is 5.02 Å². The second-order valence-corrected chi connectivity index (χ2v) is 3.36. The van der Waals surface area contributed by atoms with Gasteiger partial charge >= 0.3 is 0 Å². The minimum Gasteiger partial charge on any atom is -0.495 e. The second kappa shape index (κ2) is 7.55. The first-order valence-corrected chi connectivity index (χ1v) is 5.60. The van der Waals surface area contributed by atoms with Gasteiger partial charge in [-0.25, -0.2) is 0 Å². The molecule has 0 saturated heterocycles. The number of ether oxygens (including phenoxy) is 1. The third kappa shape index (κ3) is 4.10. The monoisotopic (exact) mass is 229 g/mol. The Balaban J connectivity index is 0.000000921. The maximum atomic E-state index is 5.95. The largest absolute Gasteiger partial charge is 0.495 e. The third-order valence-electron chi connectivity index (χ3n) is 2.02. The number of methoxy groups -OCH3 is 1. The van der Waals surface area contributed by atoms with Crippen molar-refractivity contribution < 1.29 is 4.74 Å². The van der Waals surface area contributed by atoms with Crippen LogP contribution in [0.4, 0.5) is 0 Å². The third-order valence-corrected chi connectivity index (χ3v) is 2.32. The molecule has 0 heterocycles. The number of hydrogen-bond donors (Lipinski definition) is 1. The van der Waals surface area contributed by atoms with Crippen LogP contribution >= 0.6 is 11.6 Å². The maximum Gasteiger partial charge on any atom is 0.137 e. The Morgan fingerprint density at radius 1 is 1.33 bits per heavy atom. The zero-order chi connectivity index (χ0) is 11.8. The molecule has 0 fully saturated rings. The number of nitrogens with two attached hydrogens (primary N) is 1. The van der Waals surface area contributed by atoms with Gasteiger partial charge in [0.15, 0.2) is 0 Å². The van der Waals surface area contributed by atoms with E-state index in [1.807, 2.05) is 32.9 Å². The normalized spacial score (nSPS) is 9.20. The van der Waals surface area contributed by atoms with E-state index in [2.05, 4.69) is 0 Å². The molecule has 0 radical (unpaired) electrons. The van der Waals surface area contributed by atoms with Gasteiger partial charge in [0, 0.05) is 0 Å². The SMILES string of the molecule is CC.COc1cc(CCN)c(C)cc1Cl. The maximum absolute atomic E-state index is 5.95. The summed E-state index contributed by atoms with van der Waals surface area (Å²) in [4.78, 5) is 0. The van der Waals surface area contributed by atoms with E-state index in [4.69, 9.17) is 22.1 Å². The molecule has 3 heteroatoms. The highest BCUT2D eigenvalue weighted by Gasteiger charge is 2.05. The quantitative estimate of drug-likeness (QED) is 0.864. The molecule has 0 aliphatic carbocycles. The van der Waals surface area contributed by atoms with Crippen molar-refractivity contribution in [2.45, 2.75) is 27.2 Å². The minimum atomic E-state index is 0.644. The molecule has 0 aliphatic heterocycles. The molecule has 1 rings (SSSR count). The highest BCUT2D eigenvalue weighted by Crippen LogP contribution is 2.27. The number of hydrogen-bond acceptors (Lipinski definition) is 2. The molecule has 0 aromatic heterocycles. The highest BCUT2D eigenvalue weighted by atomic mass is 35.5. The van der Waals surface area contributed by atoms with Crippen LogP contribution in [0.5, 0.6) is 5.75 Å². The molecule has 0 saturated carbocycles. The number of rotatable bonds is 3. The molecule has 0 bridgehead atoms. The van der Waals surface area contributed by atoms with Gasteiger partial charge in [-0.15, -0.1) is 0 Å². The molecule has 0 aliphatic rings. The van der Waals surface area contributed by atoms with Crippen LogP contribution in [0.15, 0.2) is 12.1 Å². The van der Waals surface area contributed by atoms with Gasteiger partial charge in [0.05, 0.1) is 12.1 Å². The van der Waals surface area contributed by atoms with Crippen molar-refractivity contribution in [1.29, 1.82) is 0 Å². The molecule has 15 heavy (non-hydrogen) atoms. The van der Waals surface area contributed by atoms with Gasteiger partial charge < -0.3 is 10.5 Å². The van der Waals surface area contributed by atoms with Gasteiger partial charge in [-0.2, -0.15) is 0 Å². The topological polar surface area (TPSA) is 35.2 Å². The molecule has 0 atom stereocenters. The molecular weight excluding hydrogens is 210 g/mol. The summed E-state index contributed by atoms with van der Waals surface area (Å²) in [5, 5.41) is 0.653. The molecule has 0 spiro atoms. The lowest BCUT2D eigenvalue weighted by Gasteiger charge is -2.09. The summed E-state index contributed by atoms with van der Waals surface area (Å²) in [5.41, 5.74) is 7.85. The van der Waals surface area contributed by atoms with Crippen molar-refractivity contribution in [1.82, 2.24) is 0 Å². The van der Waals surface area contributed by atoms with Gasteiger partial charge in [0.25, 0.3) is 0 Å². The molecule has 2 nitrogen and oxygen atoms in total. The Kier molecular flexibility index (Phi) is 7.18. The minimum absolute atomic E-state index is 0.644. The predicted octanol–water partition coefficient (Wildman–Crippen LogP) is 3.18. The fraction of sp³-hybridized carbons (Fsp3) is 0.500. The van der Waals surface area contributed by atoms with Gasteiger partial charge in [-0.3, -0.25) is 0 Å². The Bertz CT molecular complexity index is 300. The zero-order valence-corrected chi connectivity index (χ0v) is 10.7. The van der Waals surface area contributed by atoms with Crippen LogP contribution < -0.4 is 10.5 Å². The first-order chi connectivity index (χ1) is 7.19. The van der Waals surface area contributed by atoms with E-state index in [1.165, 1.54) is 5.56 Å². The molecular formula is C12H20ClNO. The lowest BCUT2D eigenvalue weighted by atomic mass is 10.1. The fourth-order valence-corrected chi connectivity index (χ4v) is 1.57. The van der Waals surface area contributed by atoms with E-state index in [9.17, 15) is 0 Å². The highest BCUT2D eigenvalue weighted by molar-refractivity contribution is 6.32. The Morgan fingerprint density at radius 3 is 2.40 bits per heavy atom. The van der Waals surface area contributed by atoms with Gasteiger partial charge in [0.2, 0.25) is 0 Å². The number of benzene rings is 1. The van der Waals surface area contributed by atoms with Crippen molar-refractivity contribution >= 4 is 11.6 Å². The molecule has 1 aromatic carbocycles. The Hall–Kier alpha value is -0.730. The van der Waals surface area contributed by atoms with E-state index in [-0.39, 0.29) is 0 Å². The lowest BCUT2D eigenvalue weighted by Crippen LogP contribution is -2.04. The van der Waals surface area contributed by atoms with E-state index in [1.54, 1.807) is 7.11 Å². The summed E-state index contributed by atoms with van der Waals surface area (Å²) in [5.74, 6) is 0.718. The average Bonchev–Trinajstić information content (AvgIpc) is 2.25. The Morgan fingerprint density at radius 2 is 1.93 bits per heavy atom. The average molecular weight is 230 g/mol. The van der Waals surface area contributed by atoms with Crippen LogP contribution in [0.1, 0.15) is 25.0 Å². The molecule has 1 aromatic rings. The van der Waals surface area contributed by atoms with Crippen LogP contribution in [-0.4, -0.2) is 13.7 Å². The summed E-state index contributed by atoms with van der Waals surface area (Å²) < 4.78 is 5.11. The summed E-state index contributed by atoms with van der Waals surface area (Å²) in [6.45, 7) is 6.67. The van der Waals surface area contributed by atoms with E-state index in [0.717, 1.165) is 17.7 Å². The summed E-state index contributed by atoms with van der Waals surface area (Å²) in [6.07, 6.45) is 0.860. The van der Waals surface area contributed by atoms with Crippen molar-refractivity contribution in [2.75, 3.05) is 13.7 Å². The standard InChI is InChI=1S/C10H14ClNO.C2H6/c1-7-5-9(11)10(13-2)6-8(7)3-4-12;1-2/h5-6H,3-4,12H2,1-2H3;1-2H3. The van der Waals surface area contributed by atoms with Gasteiger partial charge in [0.1, 0.15) is 5.75 Å².